The molecule has 1 unspecified atom stereocenters. The Balaban J connectivity index is 1.89. The molecule has 19 heavy (non-hydrogen) atoms. The van der Waals surface area contributed by atoms with Gasteiger partial charge in [0.2, 0.25) is 0 Å². The summed E-state index contributed by atoms with van der Waals surface area (Å²) < 4.78 is 0. The molecule has 1 atom stereocenters. The van der Waals surface area contributed by atoms with E-state index in [0.717, 1.165) is 5.92 Å². The van der Waals surface area contributed by atoms with E-state index in [1.54, 1.807) is 0 Å². The Morgan fingerprint density at radius 3 is 2.58 bits per heavy atom. The van der Waals surface area contributed by atoms with E-state index in [-0.39, 0.29) is 0 Å². The second-order valence-electron chi connectivity index (χ2n) is 6.98. The van der Waals surface area contributed by atoms with E-state index in [1.807, 2.05) is 0 Å². The van der Waals surface area contributed by atoms with Crippen molar-refractivity contribution in [1.82, 2.24) is 10.2 Å². The first-order chi connectivity index (χ1) is 9.28. The molecule has 0 aliphatic carbocycles. The van der Waals surface area contributed by atoms with E-state index >= 15 is 0 Å². The van der Waals surface area contributed by atoms with Crippen molar-refractivity contribution in [2.75, 3.05) is 32.7 Å². The van der Waals surface area contributed by atoms with Crippen LogP contribution in [0.4, 0.5) is 0 Å². The largest absolute Gasteiger partial charge is 0.317 e. The van der Waals surface area contributed by atoms with Crippen molar-refractivity contribution in [2.24, 2.45) is 11.3 Å². The van der Waals surface area contributed by atoms with E-state index < -0.39 is 0 Å². The van der Waals surface area contributed by atoms with Gasteiger partial charge in [-0.3, -0.25) is 0 Å². The molecule has 2 saturated heterocycles. The molecular formula is C17H34N2. The van der Waals surface area contributed by atoms with Crippen LogP contribution >= 0.6 is 0 Å². The lowest BCUT2D eigenvalue weighted by Crippen LogP contribution is -2.45. The highest BCUT2D eigenvalue weighted by atomic mass is 15.1. The number of likely N-dealkylation sites (tertiary alicyclic amines) is 1. The zero-order chi connectivity index (χ0) is 13.6. The molecule has 2 rings (SSSR count). The van der Waals surface area contributed by atoms with Gasteiger partial charge in [-0.05, 0) is 76.0 Å². The minimum absolute atomic E-state index is 0.631. The maximum absolute atomic E-state index is 3.55. The monoisotopic (exact) mass is 266 g/mol. The van der Waals surface area contributed by atoms with Gasteiger partial charge < -0.3 is 10.2 Å². The Labute approximate surface area is 120 Å². The maximum Gasteiger partial charge on any atom is 0.00389 e. The van der Waals surface area contributed by atoms with Crippen LogP contribution in [0.25, 0.3) is 0 Å². The number of nitrogens with zero attached hydrogens (tertiary/aromatic N) is 1. The van der Waals surface area contributed by atoms with Crippen molar-refractivity contribution in [3.8, 4) is 0 Å². The molecule has 0 bridgehead atoms. The minimum Gasteiger partial charge on any atom is -0.317 e. The van der Waals surface area contributed by atoms with Gasteiger partial charge in [0.1, 0.15) is 0 Å². The summed E-state index contributed by atoms with van der Waals surface area (Å²) in [5.74, 6) is 1.00. The fourth-order valence-electron chi connectivity index (χ4n) is 4.24. The Kier molecular flexibility index (Phi) is 6.15. The molecule has 0 aromatic rings. The number of rotatable bonds is 5. The number of hydrogen-bond donors (Lipinski definition) is 1. The zero-order valence-electron chi connectivity index (χ0n) is 13.2. The molecule has 2 nitrogen and oxygen atoms in total. The minimum atomic E-state index is 0.631. The van der Waals surface area contributed by atoms with Gasteiger partial charge in [0.05, 0.1) is 0 Å². The Morgan fingerprint density at radius 2 is 1.89 bits per heavy atom. The van der Waals surface area contributed by atoms with Crippen molar-refractivity contribution in [2.45, 2.75) is 65.2 Å². The van der Waals surface area contributed by atoms with Crippen LogP contribution in [-0.2, 0) is 0 Å². The number of nitrogens with one attached hydrogen (secondary N) is 1. The van der Waals surface area contributed by atoms with Crippen LogP contribution in [0.1, 0.15) is 65.2 Å². The summed E-state index contributed by atoms with van der Waals surface area (Å²) in [6.45, 7) is 11.3. The van der Waals surface area contributed by atoms with Gasteiger partial charge in [-0.15, -0.1) is 0 Å². The summed E-state index contributed by atoms with van der Waals surface area (Å²) in [5.41, 5.74) is 0.631. The average molecular weight is 266 g/mol. The summed E-state index contributed by atoms with van der Waals surface area (Å²) >= 11 is 0. The van der Waals surface area contributed by atoms with Crippen LogP contribution in [0.15, 0.2) is 0 Å². The predicted molar refractivity (Wildman–Crippen MR) is 83.5 cm³/mol. The average Bonchev–Trinajstić information content (AvgIpc) is 2.65. The van der Waals surface area contributed by atoms with Gasteiger partial charge >= 0.3 is 0 Å². The van der Waals surface area contributed by atoms with E-state index in [9.17, 15) is 0 Å². The van der Waals surface area contributed by atoms with Crippen molar-refractivity contribution >= 4 is 0 Å². The molecule has 2 heteroatoms. The van der Waals surface area contributed by atoms with E-state index in [4.69, 9.17) is 0 Å². The van der Waals surface area contributed by atoms with Crippen LogP contribution in [0.2, 0.25) is 0 Å². The highest BCUT2D eigenvalue weighted by Gasteiger charge is 2.33. The molecule has 0 saturated carbocycles. The van der Waals surface area contributed by atoms with Gasteiger partial charge in [-0.1, -0.05) is 26.7 Å². The first kappa shape index (κ1) is 15.3. The van der Waals surface area contributed by atoms with Gasteiger partial charge in [0.25, 0.3) is 0 Å². The summed E-state index contributed by atoms with van der Waals surface area (Å²) in [7, 11) is 0. The van der Waals surface area contributed by atoms with E-state index in [0.29, 0.717) is 5.41 Å². The van der Waals surface area contributed by atoms with Crippen molar-refractivity contribution in [3.63, 3.8) is 0 Å². The molecule has 0 radical (unpaired) electrons. The zero-order valence-corrected chi connectivity index (χ0v) is 13.2. The lowest BCUT2D eigenvalue weighted by molar-refractivity contribution is 0.102. The highest BCUT2D eigenvalue weighted by Crippen LogP contribution is 2.35. The molecule has 2 aliphatic heterocycles. The first-order valence-corrected chi connectivity index (χ1v) is 8.71. The molecule has 0 amide bonds. The number of hydrogen-bond acceptors (Lipinski definition) is 2. The highest BCUT2D eigenvalue weighted by molar-refractivity contribution is 4.88. The van der Waals surface area contributed by atoms with Crippen LogP contribution < -0.4 is 5.32 Å². The third-order valence-corrected chi connectivity index (χ3v) is 5.52. The van der Waals surface area contributed by atoms with Gasteiger partial charge in [-0.25, -0.2) is 0 Å². The van der Waals surface area contributed by atoms with Crippen LogP contribution in [0.5, 0.6) is 0 Å². The predicted octanol–water partition coefficient (Wildman–Crippen LogP) is 3.67. The molecule has 0 aromatic heterocycles. The van der Waals surface area contributed by atoms with E-state index in [1.165, 1.54) is 84.1 Å². The molecule has 2 aliphatic rings. The quantitative estimate of drug-likeness (QED) is 0.817. The maximum atomic E-state index is 3.55. The second-order valence-corrected chi connectivity index (χ2v) is 6.98. The second kappa shape index (κ2) is 7.64. The third kappa shape index (κ3) is 4.46. The fraction of sp³-hybridized carbons (Fsp3) is 1.00. The molecule has 2 fully saturated rings. The Morgan fingerprint density at radius 1 is 1.11 bits per heavy atom. The molecular weight excluding hydrogens is 232 g/mol. The fourth-order valence-corrected chi connectivity index (χ4v) is 4.24. The van der Waals surface area contributed by atoms with Crippen molar-refractivity contribution in [1.29, 1.82) is 0 Å². The molecule has 0 spiro atoms. The van der Waals surface area contributed by atoms with Crippen molar-refractivity contribution in [3.05, 3.63) is 0 Å². The molecule has 0 aromatic carbocycles. The van der Waals surface area contributed by atoms with E-state index in [2.05, 4.69) is 24.1 Å². The third-order valence-electron chi connectivity index (χ3n) is 5.52. The van der Waals surface area contributed by atoms with Gasteiger partial charge in [-0.2, -0.15) is 0 Å². The van der Waals surface area contributed by atoms with Gasteiger partial charge in [0, 0.05) is 6.54 Å². The van der Waals surface area contributed by atoms with Gasteiger partial charge in [0.15, 0.2) is 0 Å². The number of piperidine rings is 1. The normalized spacial score (nSPS) is 29.1. The SMILES string of the molecule is CCCC1(CN2CCCC(CC)CC2)CCNCC1. The lowest BCUT2D eigenvalue weighted by Gasteiger charge is -2.41. The Hall–Kier alpha value is -0.0800. The summed E-state index contributed by atoms with van der Waals surface area (Å²) in [6.07, 6.45) is 11.3. The van der Waals surface area contributed by atoms with Crippen LogP contribution in [-0.4, -0.2) is 37.6 Å². The molecule has 2 heterocycles. The smallest absolute Gasteiger partial charge is 0.00389 e. The van der Waals surface area contributed by atoms with Crippen molar-refractivity contribution < 1.29 is 0 Å². The summed E-state index contributed by atoms with van der Waals surface area (Å²) in [4.78, 5) is 2.80. The first-order valence-electron chi connectivity index (χ1n) is 8.71. The lowest BCUT2D eigenvalue weighted by atomic mass is 9.75. The summed E-state index contributed by atoms with van der Waals surface area (Å²) in [5, 5.41) is 3.55. The molecule has 112 valence electrons. The summed E-state index contributed by atoms with van der Waals surface area (Å²) in [6, 6.07) is 0. The topological polar surface area (TPSA) is 15.3 Å². The van der Waals surface area contributed by atoms with Crippen LogP contribution in [0, 0.1) is 11.3 Å². The Bertz CT molecular complexity index is 240. The van der Waals surface area contributed by atoms with Crippen LogP contribution in [0.3, 0.4) is 0 Å². The molecule has 1 N–H and O–H groups in total. The standard InChI is InChI=1S/C17H34N2/c1-3-8-17(9-11-18-12-10-17)15-19-13-5-6-16(4-2)7-14-19/h16,18H,3-15H2,1-2H3.